The topological polar surface area (TPSA) is 27.8 Å². The lowest BCUT2D eigenvalue weighted by Gasteiger charge is -2.01. The van der Waals surface area contributed by atoms with E-state index in [1.165, 1.54) is 40.6 Å². The van der Waals surface area contributed by atoms with Crippen LogP contribution in [0.3, 0.4) is 0 Å². The quantitative estimate of drug-likeness (QED) is 0.825. The van der Waals surface area contributed by atoms with E-state index in [4.69, 9.17) is 0 Å². The number of nitrogens with one attached hydrogen (secondary N) is 2. The highest BCUT2D eigenvalue weighted by molar-refractivity contribution is 5.85. The Hall–Kier alpha value is -1.28. The van der Waals surface area contributed by atoms with E-state index < -0.39 is 0 Å². The summed E-state index contributed by atoms with van der Waals surface area (Å²) in [6, 6.07) is 7.52. The first-order valence-electron chi connectivity index (χ1n) is 6.61. The molecule has 0 spiro atoms. The second kappa shape index (κ2) is 4.19. The van der Waals surface area contributed by atoms with Crippen LogP contribution in [-0.2, 0) is 13.0 Å². The maximum atomic E-state index is 3.57. The van der Waals surface area contributed by atoms with Crippen LogP contribution in [0.4, 0.5) is 0 Å². The molecule has 90 valence electrons. The highest BCUT2D eigenvalue weighted by Gasteiger charge is 2.20. The summed E-state index contributed by atoms with van der Waals surface area (Å²) >= 11 is 0. The molecule has 2 nitrogen and oxygen atoms in total. The summed E-state index contributed by atoms with van der Waals surface area (Å²) in [5.41, 5.74) is 5.44. The van der Waals surface area contributed by atoms with Crippen molar-refractivity contribution in [3.05, 3.63) is 35.0 Å². The number of aromatic nitrogens is 1. The standard InChI is InChI=1S/C15H20N2/c1-3-11-4-7-14-13(8-11)10(2)15(17-14)9-16-12-5-6-12/h4,7-8,12,16-17H,3,5-6,9H2,1-2H3. The maximum absolute atomic E-state index is 3.57. The minimum absolute atomic E-state index is 0.770. The third kappa shape index (κ3) is 2.09. The molecule has 0 atom stereocenters. The molecule has 17 heavy (non-hydrogen) atoms. The summed E-state index contributed by atoms with van der Waals surface area (Å²) in [7, 11) is 0. The number of aromatic amines is 1. The van der Waals surface area contributed by atoms with Crippen LogP contribution in [0.15, 0.2) is 18.2 Å². The Morgan fingerprint density at radius 3 is 2.88 bits per heavy atom. The van der Waals surface area contributed by atoms with Crippen molar-refractivity contribution in [1.82, 2.24) is 10.3 Å². The summed E-state index contributed by atoms with van der Waals surface area (Å²) in [5.74, 6) is 0. The second-order valence-electron chi connectivity index (χ2n) is 5.12. The fourth-order valence-electron chi connectivity index (χ4n) is 2.36. The molecule has 1 fully saturated rings. The molecule has 0 amide bonds. The molecular weight excluding hydrogens is 208 g/mol. The first-order chi connectivity index (χ1) is 8.28. The van der Waals surface area contributed by atoms with Gasteiger partial charge in [-0.1, -0.05) is 13.0 Å². The van der Waals surface area contributed by atoms with Crippen LogP contribution in [0, 0.1) is 6.92 Å². The Morgan fingerprint density at radius 1 is 1.35 bits per heavy atom. The highest BCUT2D eigenvalue weighted by Crippen LogP contribution is 2.25. The van der Waals surface area contributed by atoms with Gasteiger partial charge in [0.15, 0.2) is 0 Å². The number of hydrogen-bond acceptors (Lipinski definition) is 1. The smallest absolute Gasteiger partial charge is 0.0459 e. The third-order valence-corrected chi connectivity index (χ3v) is 3.78. The SMILES string of the molecule is CCc1ccc2[nH]c(CNC3CC3)c(C)c2c1. The Bertz CT molecular complexity index is 535. The molecular formula is C15H20N2. The van der Waals surface area contributed by atoms with Crippen molar-refractivity contribution in [3.8, 4) is 0 Å². The van der Waals surface area contributed by atoms with Crippen LogP contribution in [0.5, 0.6) is 0 Å². The van der Waals surface area contributed by atoms with Crippen LogP contribution < -0.4 is 5.32 Å². The average Bonchev–Trinajstić information content (AvgIpc) is 3.13. The second-order valence-corrected chi connectivity index (χ2v) is 5.12. The van der Waals surface area contributed by atoms with Crippen LogP contribution in [0.25, 0.3) is 10.9 Å². The molecule has 1 aliphatic carbocycles. The molecule has 3 rings (SSSR count). The summed E-state index contributed by atoms with van der Waals surface area (Å²) in [4.78, 5) is 3.54. The lowest BCUT2D eigenvalue weighted by molar-refractivity contribution is 0.676. The molecule has 2 N–H and O–H groups in total. The predicted octanol–water partition coefficient (Wildman–Crippen LogP) is 3.29. The van der Waals surface area contributed by atoms with Gasteiger partial charge in [0.2, 0.25) is 0 Å². The van der Waals surface area contributed by atoms with E-state index in [0.717, 1.165) is 19.0 Å². The first kappa shape index (κ1) is 10.8. The lowest BCUT2D eigenvalue weighted by Crippen LogP contribution is -2.16. The molecule has 0 radical (unpaired) electrons. The van der Waals surface area contributed by atoms with Gasteiger partial charge >= 0.3 is 0 Å². The third-order valence-electron chi connectivity index (χ3n) is 3.78. The monoisotopic (exact) mass is 228 g/mol. The summed E-state index contributed by atoms with van der Waals surface area (Å²) in [6.45, 7) is 5.41. The summed E-state index contributed by atoms with van der Waals surface area (Å²) < 4.78 is 0. The molecule has 0 unspecified atom stereocenters. The van der Waals surface area contributed by atoms with E-state index in [2.05, 4.69) is 42.3 Å². The summed E-state index contributed by atoms with van der Waals surface area (Å²) in [5, 5.41) is 4.96. The molecule has 1 heterocycles. The van der Waals surface area contributed by atoms with Gasteiger partial charge in [0.25, 0.3) is 0 Å². The van der Waals surface area contributed by atoms with E-state index in [1.54, 1.807) is 0 Å². The maximum Gasteiger partial charge on any atom is 0.0459 e. The summed E-state index contributed by atoms with van der Waals surface area (Å²) in [6.07, 6.45) is 3.80. The molecule has 1 aromatic carbocycles. The zero-order chi connectivity index (χ0) is 11.8. The van der Waals surface area contributed by atoms with Crippen LogP contribution in [0.1, 0.15) is 36.6 Å². The van der Waals surface area contributed by atoms with Gasteiger partial charge in [-0.3, -0.25) is 0 Å². The van der Waals surface area contributed by atoms with E-state index in [1.807, 2.05) is 0 Å². The number of hydrogen-bond donors (Lipinski definition) is 2. The fourth-order valence-corrected chi connectivity index (χ4v) is 2.36. The van der Waals surface area contributed by atoms with Crippen molar-refractivity contribution in [2.45, 2.75) is 45.7 Å². The molecule has 0 bridgehead atoms. The van der Waals surface area contributed by atoms with Crippen molar-refractivity contribution >= 4 is 10.9 Å². The zero-order valence-corrected chi connectivity index (χ0v) is 10.6. The highest BCUT2D eigenvalue weighted by atomic mass is 15.0. The Morgan fingerprint density at radius 2 is 2.18 bits per heavy atom. The van der Waals surface area contributed by atoms with Crippen LogP contribution in [-0.4, -0.2) is 11.0 Å². The van der Waals surface area contributed by atoms with Gasteiger partial charge < -0.3 is 10.3 Å². The van der Waals surface area contributed by atoms with E-state index in [0.29, 0.717) is 0 Å². The molecule has 2 heteroatoms. The minimum atomic E-state index is 0.770. The minimum Gasteiger partial charge on any atom is -0.357 e. The average molecular weight is 228 g/mol. The van der Waals surface area contributed by atoms with E-state index >= 15 is 0 Å². The van der Waals surface area contributed by atoms with Crippen LogP contribution in [0.2, 0.25) is 0 Å². The molecule has 1 aliphatic rings. The fraction of sp³-hybridized carbons (Fsp3) is 0.467. The van der Waals surface area contributed by atoms with Gasteiger partial charge in [0.05, 0.1) is 0 Å². The van der Waals surface area contributed by atoms with Crippen molar-refractivity contribution in [2.75, 3.05) is 0 Å². The number of aryl methyl sites for hydroxylation is 2. The van der Waals surface area contributed by atoms with Crippen molar-refractivity contribution < 1.29 is 0 Å². The van der Waals surface area contributed by atoms with Crippen molar-refractivity contribution in [2.24, 2.45) is 0 Å². The van der Waals surface area contributed by atoms with Gasteiger partial charge in [-0.25, -0.2) is 0 Å². The van der Waals surface area contributed by atoms with Gasteiger partial charge in [-0.15, -0.1) is 0 Å². The predicted molar refractivity (Wildman–Crippen MR) is 72.3 cm³/mol. The number of benzene rings is 1. The number of H-pyrrole nitrogens is 1. The molecule has 0 saturated heterocycles. The van der Waals surface area contributed by atoms with Gasteiger partial charge in [-0.2, -0.15) is 0 Å². The molecule has 1 aromatic heterocycles. The van der Waals surface area contributed by atoms with E-state index in [9.17, 15) is 0 Å². The molecule has 2 aromatic rings. The van der Waals surface area contributed by atoms with Crippen molar-refractivity contribution in [1.29, 1.82) is 0 Å². The van der Waals surface area contributed by atoms with E-state index in [-0.39, 0.29) is 0 Å². The zero-order valence-electron chi connectivity index (χ0n) is 10.6. The van der Waals surface area contributed by atoms with Gasteiger partial charge in [0.1, 0.15) is 0 Å². The largest absolute Gasteiger partial charge is 0.357 e. The Balaban J connectivity index is 1.92. The Labute approximate surface area is 102 Å². The normalized spacial score (nSPS) is 15.6. The lowest BCUT2D eigenvalue weighted by atomic mass is 10.1. The number of fused-ring (bicyclic) bond motifs is 1. The first-order valence-corrected chi connectivity index (χ1v) is 6.61. The van der Waals surface area contributed by atoms with Crippen molar-refractivity contribution in [3.63, 3.8) is 0 Å². The molecule has 0 aliphatic heterocycles. The Kier molecular flexibility index (Phi) is 2.67. The van der Waals surface area contributed by atoms with Gasteiger partial charge in [0, 0.05) is 29.2 Å². The molecule has 1 saturated carbocycles. The van der Waals surface area contributed by atoms with Crippen LogP contribution >= 0.6 is 0 Å². The van der Waals surface area contributed by atoms with Gasteiger partial charge in [-0.05, 0) is 49.4 Å². The number of rotatable bonds is 4.